The van der Waals surface area contributed by atoms with Crippen molar-refractivity contribution in [1.29, 1.82) is 0 Å². The predicted molar refractivity (Wildman–Crippen MR) is 63.0 cm³/mol. The van der Waals surface area contributed by atoms with E-state index in [4.69, 9.17) is 5.73 Å². The Morgan fingerprint density at radius 2 is 2.41 bits per heavy atom. The number of hydrogen-bond donors (Lipinski definition) is 1. The van der Waals surface area contributed by atoms with Crippen molar-refractivity contribution in [3.8, 4) is 0 Å². The number of aromatic nitrogens is 3. The second-order valence-corrected chi connectivity index (χ2v) is 4.69. The number of rotatable bonds is 3. The van der Waals surface area contributed by atoms with Gasteiger partial charge in [0.1, 0.15) is 0 Å². The smallest absolute Gasteiger partial charge is 0.224 e. The molecule has 1 aliphatic heterocycles. The molecule has 0 aliphatic carbocycles. The van der Waals surface area contributed by atoms with Crippen LogP contribution in [0, 0.1) is 5.92 Å². The molecule has 1 aromatic heterocycles. The molecule has 6 nitrogen and oxygen atoms in total. The highest BCUT2D eigenvalue weighted by Crippen LogP contribution is 2.15. The SMILES string of the molecule is CC1CN(C(=O)CCn2ccnn2)CCC1N. The Morgan fingerprint density at radius 1 is 1.59 bits per heavy atom. The van der Waals surface area contributed by atoms with Crippen molar-refractivity contribution in [2.45, 2.75) is 32.4 Å². The lowest BCUT2D eigenvalue weighted by Crippen LogP contribution is -2.48. The lowest BCUT2D eigenvalue weighted by molar-refractivity contribution is -0.133. The highest BCUT2D eigenvalue weighted by atomic mass is 16.2. The maximum absolute atomic E-state index is 12.0. The summed E-state index contributed by atoms with van der Waals surface area (Å²) >= 11 is 0. The first-order valence-corrected chi connectivity index (χ1v) is 6.04. The molecule has 2 heterocycles. The molecule has 0 bridgehead atoms. The molecule has 1 aliphatic rings. The monoisotopic (exact) mass is 237 g/mol. The number of carbonyl (C=O) groups excluding carboxylic acids is 1. The van der Waals surface area contributed by atoms with Gasteiger partial charge < -0.3 is 10.6 Å². The first-order chi connectivity index (χ1) is 8.16. The van der Waals surface area contributed by atoms with Crippen molar-refractivity contribution in [2.75, 3.05) is 13.1 Å². The van der Waals surface area contributed by atoms with Gasteiger partial charge >= 0.3 is 0 Å². The number of aryl methyl sites for hydroxylation is 1. The van der Waals surface area contributed by atoms with E-state index in [2.05, 4.69) is 17.2 Å². The second kappa shape index (κ2) is 5.27. The van der Waals surface area contributed by atoms with Crippen LogP contribution in [-0.4, -0.2) is 44.9 Å². The first-order valence-electron chi connectivity index (χ1n) is 6.04. The van der Waals surface area contributed by atoms with Gasteiger partial charge in [-0.3, -0.25) is 9.48 Å². The zero-order valence-corrected chi connectivity index (χ0v) is 10.1. The normalized spacial score (nSPS) is 24.9. The summed E-state index contributed by atoms with van der Waals surface area (Å²) in [6.07, 6.45) is 4.76. The van der Waals surface area contributed by atoms with Crippen molar-refractivity contribution < 1.29 is 4.79 Å². The molecular formula is C11H19N5O. The average molecular weight is 237 g/mol. The minimum atomic E-state index is 0.180. The number of carbonyl (C=O) groups is 1. The maximum Gasteiger partial charge on any atom is 0.224 e. The quantitative estimate of drug-likeness (QED) is 0.794. The Labute approximate surface area is 101 Å². The van der Waals surface area contributed by atoms with Crippen molar-refractivity contribution in [1.82, 2.24) is 19.9 Å². The molecule has 1 saturated heterocycles. The summed E-state index contributed by atoms with van der Waals surface area (Å²) in [6.45, 7) is 4.25. The van der Waals surface area contributed by atoms with E-state index >= 15 is 0 Å². The molecule has 0 saturated carbocycles. The summed E-state index contributed by atoms with van der Waals surface area (Å²) in [5, 5.41) is 7.54. The van der Waals surface area contributed by atoms with E-state index in [1.165, 1.54) is 0 Å². The van der Waals surface area contributed by atoms with Crippen LogP contribution >= 0.6 is 0 Å². The Kier molecular flexibility index (Phi) is 3.73. The standard InChI is InChI=1S/C11H19N5O/c1-9-8-15(5-2-10(9)12)11(17)3-6-16-7-4-13-14-16/h4,7,9-10H,2-3,5-6,8,12H2,1H3. The Hall–Kier alpha value is -1.43. The number of hydrogen-bond acceptors (Lipinski definition) is 4. The first kappa shape index (κ1) is 12.0. The van der Waals surface area contributed by atoms with E-state index < -0.39 is 0 Å². The summed E-state index contributed by atoms with van der Waals surface area (Å²) in [5.41, 5.74) is 5.93. The lowest BCUT2D eigenvalue weighted by atomic mass is 9.94. The van der Waals surface area contributed by atoms with Crippen LogP contribution in [0.1, 0.15) is 19.8 Å². The van der Waals surface area contributed by atoms with Gasteiger partial charge in [-0.1, -0.05) is 12.1 Å². The number of nitrogens with zero attached hydrogens (tertiary/aromatic N) is 4. The van der Waals surface area contributed by atoms with Gasteiger partial charge in [0, 0.05) is 31.7 Å². The highest BCUT2D eigenvalue weighted by molar-refractivity contribution is 5.76. The molecule has 0 spiro atoms. The number of nitrogens with two attached hydrogens (primary N) is 1. The van der Waals surface area contributed by atoms with Gasteiger partial charge in [-0.2, -0.15) is 0 Å². The third-order valence-corrected chi connectivity index (χ3v) is 3.35. The van der Waals surface area contributed by atoms with Gasteiger partial charge in [0.05, 0.1) is 12.7 Å². The van der Waals surface area contributed by atoms with Gasteiger partial charge in [0.15, 0.2) is 0 Å². The molecule has 1 fully saturated rings. The fourth-order valence-electron chi connectivity index (χ4n) is 2.11. The van der Waals surface area contributed by atoms with E-state index in [9.17, 15) is 4.79 Å². The van der Waals surface area contributed by atoms with E-state index in [1.54, 1.807) is 17.1 Å². The lowest BCUT2D eigenvalue weighted by Gasteiger charge is -2.35. The topological polar surface area (TPSA) is 77.0 Å². The van der Waals surface area contributed by atoms with Crippen LogP contribution in [0.25, 0.3) is 0 Å². The molecule has 2 N–H and O–H groups in total. The van der Waals surface area contributed by atoms with Crippen LogP contribution in [0.15, 0.2) is 12.4 Å². The number of piperidine rings is 1. The molecule has 2 rings (SSSR count). The minimum absolute atomic E-state index is 0.180. The number of likely N-dealkylation sites (tertiary alicyclic amines) is 1. The summed E-state index contributed by atoms with van der Waals surface area (Å²) in [7, 11) is 0. The van der Waals surface area contributed by atoms with Crippen LogP contribution in [-0.2, 0) is 11.3 Å². The molecule has 1 amide bonds. The van der Waals surface area contributed by atoms with Crippen molar-refractivity contribution in [2.24, 2.45) is 11.7 Å². The molecule has 6 heteroatoms. The van der Waals surface area contributed by atoms with Crippen LogP contribution in [0.4, 0.5) is 0 Å². The van der Waals surface area contributed by atoms with E-state index in [1.807, 2.05) is 4.90 Å². The van der Waals surface area contributed by atoms with Crippen molar-refractivity contribution >= 4 is 5.91 Å². The molecule has 0 radical (unpaired) electrons. The van der Waals surface area contributed by atoms with Crippen LogP contribution in [0.5, 0.6) is 0 Å². The second-order valence-electron chi connectivity index (χ2n) is 4.69. The molecule has 2 unspecified atom stereocenters. The fourth-order valence-corrected chi connectivity index (χ4v) is 2.11. The van der Waals surface area contributed by atoms with Crippen LogP contribution in [0.3, 0.4) is 0 Å². The van der Waals surface area contributed by atoms with Crippen LogP contribution < -0.4 is 5.73 Å². The molecule has 94 valence electrons. The van der Waals surface area contributed by atoms with Gasteiger partial charge in [-0.25, -0.2) is 0 Å². The van der Waals surface area contributed by atoms with Crippen molar-refractivity contribution in [3.63, 3.8) is 0 Å². The van der Waals surface area contributed by atoms with Crippen LogP contribution in [0.2, 0.25) is 0 Å². The minimum Gasteiger partial charge on any atom is -0.342 e. The van der Waals surface area contributed by atoms with Gasteiger partial charge in [0.25, 0.3) is 0 Å². The van der Waals surface area contributed by atoms with Gasteiger partial charge in [-0.15, -0.1) is 5.10 Å². The zero-order chi connectivity index (χ0) is 12.3. The molecule has 17 heavy (non-hydrogen) atoms. The average Bonchev–Trinajstić information content (AvgIpc) is 2.82. The van der Waals surface area contributed by atoms with E-state index in [-0.39, 0.29) is 11.9 Å². The largest absolute Gasteiger partial charge is 0.342 e. The molecule has 0 aromatic carbocycles. The third kappa shape index (κ3) is 3.03. The van der Waals surface area contributed by atoms with Gasteiger partial charge in [0.2, 0.25) is 5.91 Å². The Balaban J connectivity index is 1.80. The summed E-state index contributed by atoms with van der Waals surface area (Å²) in [6, 6.07) is 0.231. The Morgan fingerprint density at radius 3 is 3.06 bits per heavy atom. The molecule has 2 atom stereocenters. The fraction of sp³-hybridized carbons (Fsp3) is 0.727. The van der Waals surface area contributed by atoms with Gasteiger partial charge in [-0.05, 0) is 12.3 Å². The summed E-state index contributed by atoms with van der Waals surface area (Å²) < 4.78 is 1.68. The Bertz CT molecular complexity index is 364. The number of amides is 1. The summed E-state index contributed by atoms with van der Waals surface area (Å²) in [5.74, 6) is 0.568. The maximum atomic E-state index is 12.0. The van der Waals surface area contributed by atoms with E-state index in [0.29, 0.717) is 18.9 Å². The molecule has 1 aromatic rings. The third-order valence-electron chi connectivity index (χ3n) is 3.35. The van der Waals surface area contributed by atoms with E-state index in [0.717, 1.165) is 19.5 Å². The zero-order valence-electron chi connectivity index (χ0n) is 10.1. The molecular weight excluding hydrogens is 218 g/mol. The van der Waals surface area contributed by atoms with Crippen molar-refractivity contribution in [3.05, 3.63) is 12.4 Å². The summed E-state index contributed by atoms with van der Waals surface area (Å²) in [4.78, 5) is 13.9. The predicted octanol–water partition coefficient (Wildman–Crippen LogP) is -0.136. The highest BCUT2D eigenvalue weighted by Gasteiger charge is 2.25.